The van der Waals surface area contributed by atoms with E-state index in [2.05, 4.69) is 43.9 Å². The first kappa shape index (κ1) is 21.9. The second-order valence-corrected chi connectivity index (χ2v) is 7.67. The van der Waals surface area contributed by atoms with Gasteiger partial charge in [0.05, 0.1) is 12.1 Å². The van der Waals surface area contributed by atoms with Gasteiger partial charge in [-0.2, -0.15) is 5.10 Å². The van der Waals surface area contributed by atoms with E-state index in [1.807, 2.05) is 33.8 Å². The molecule has 0 spiro atoms. The van der Waals surface area contributed by atoms with Crippen LogP contribution in [0.4, 0.5) is 0 Å². The molecule has 0 radical (unpaired) electrons. The number of halogens is 1. The Hall–Kier alpha value is -2.77. The molecule has 0 saturated carbocycles. The molecule has 4 rings (SSSR count). The minimum Gasteiger partial charge on any atom is -0.352 e. The van der Waals surface area contributed by atoms with E-state index in [-0.39, 0.29) is 24.7 Å². The Kier molecular flexibility index (Phi) is 6.53. The summed E-state index contributed by atoms with van der Waals surface area (Å²) in [5.41, 5.74) is 8.20. The summed E-state index contributed by atoms with van der Waals surface area (Å²) in [7, 11) is 0. The molecule has 1 aliphatic rings. The molecule has 0 aliphatic carbocycles. The number of fused-ring (bicyclic) bond motifs is 1. The summed E-state index contributed by atoms with van der Waals surface area (Å²) in [6.45, 7) is 10.1. The Morgan fingerprint density at radius 1 is 1.07 bits per heavy atom. The molecule has 2 aromatic heterocycles. The standard InChI is InChI=1S/C22H26N6O.ClH/c1-13-7-14(2)26-22(25-13)28-16(4)20(15(3)27-28)9-21(29)24-10-17-5-6-18-11-23-12-19(18)8-17;/h5-8,23H,9-12H2,1-4H3,(H,24,29);1H. The lowest BCUT2D eigenvalue weighted by Gasteiger charge is -2.08. The molecule has 1 aliphatic heterocycles. The van der Waals surface area contributed by atoms with Crippen molar-refractivity contribution in [1.82, 2.24) is 30.4 Å². The zero-order valence-corrected chi connectivity index (χ0v) is 18.6. The predicted molar refractivity (Wildman–Crippen MR) is 118 cm³/mol. The zero-order valence-electron chi connectivity index (χ0n) is 17.7. The Morgan fingerprint density at radius 3 is 2.50 bits per heavy atom. The Bertz CT molecular complexity index is 1070. The summed E-state index contributed by atoms with van der Waals surface area (Å²) in [5, 5.41) is 11.0. The van der Waals surface area contributed by atoms with Gasteiger partial charge >= 0.3 is 0 Å². The molecule has 0 bridgehead atoms. The highest BCUT2D eigenvalue weighted by molar-refractivity contribution is 5.85. The van der Waals surface area contributed by atoms with Crippen molar-refractivity contribution in [2.75, 3.05) is 0 Å². The van der Waals surface area contributed by atoms with E-state index in [0.29, 0.717) is 12.5 Å². The predicted octanol–water partition coefficient (Wildman–Crippen LogP) is 2.78. The highest BCUT2D eigenvalue weighted by atomic mass is 35.5. The van der Waals surface area contributed by atoms with E-state index in [0.717, 1.165) is 47.0 Å². The van der Waals surface area contributed by atoms with Gasteiger partial charge in [0, 0.05) is 42.3 Å². The minimum absolute atomic E-state index is 0. The molecule has 3 heterocycles. The first-order valence-electron chi connectivity index (χ1n) is 9.86. The van der Waals surface area contributed by atoms with Gasteiger partial charge in [0.25, 0.3) is 5.95 Å². The first-order chi connectivity index (χ1) is 13.9. The largest absolute Gasteiger partial charge is 0.352 e. The van der Waals surface area contributed by atoms with Crippen LogP contribution in [-0.2, 0) is 30.8 Å². The number of benzene rings is 1. The molecule has 2 N–H and O–H groups in total. The number of carbonyl (C=O) groups excluding carboxylic acids is 1. The number of rotatable bonds is 5. The number of carbonyl (C=O) groups is 1. The molecule has 30 heavy (non-hydrogen) atoms. The van der Waals surface area contributed by atoms with Crippen molar-refractivity contribution in [3.63, 3.8) is 0 Å². The van der Waals surface area contributed by atoms with Crippen molar-refractivity contribution in [3.05, 3.63) is 69.3 Å². The molecule has 0 fully saturated rings. The minimum atomic E-state index is -0.0179. The summed E-state index contributed by atoms with van der Waals surface area (Å²) in [5.74, 6) is 0.525. The summed E-state index contributed by atoms with van der Waals surface area (Å²) < 4.78 is 1.73. The van der Waals surface area contributed by atoms with Crippen LogP contribution in [0.3, 0.4) is 0 Å². The van der Waals surface area contributed by atoms with Gasteiger partial charge in [0.1, 0.15) is 0 Å². The summed E-state index contributed by atoms with van der Waals surface area (Å²) >= 11 is 0. The van der Waals surface area contributed by atoms with Crippen molar-refractivity contribution in [1.29, 1.82) is 0 Å². The maximum atomic E-state index is 12.6. The molecule has 0 saturated heterocycles. The molecule has 0 atom stereocenters. The molecule has 0 unspecified atom stereocenters. The van der Waals surface area contributed by atoms with E-state index in [1.165, 1.54) is 11.1 Å². The number of nitrogens with zero attached hydrogens (tertiary/aromatic N) is 4. The second-order valence-electron chi connectivity index (χ2n) is 7.67. The van der Waals surface area contributed by atoms with Crippen LogP contribution in [0.5, 0.6) is 0 Å². The number of hydrogen-bond acceptors (Lipinski definition) is 5. The number of hydrogen-bond donors (Lipinski definition) is 2. The maximum Gasteiger partial charge on any atom is 0.251 e. The SMILES string of the molecule is Cc1cc(C)nc(-n2nc(C)c(CC(=O)NCc3ccc4c(c3)CNC4)c2C)n1.Cl. The monoisotopic (exact) mass is 426 g/mol. The van der Waals surface area contributed by atoms with Crippen LogP contribution in [0.15, 0.2) is 24.3 Å². The van der Waals surface area contributed by atoms with Crippen LogP contribution in [0.2, 0.25) is 0 Å². The highest BCUT2D eigenvalue weighted by Gasteiger charge is 2.18. The second kappa shape index (κ2) is 8.93. The van der Waals surface area contributed by atoms with Gasteiger partial charge in [-0.3, -0.25) is 4.79 Å². The number of amides is 1. The van der Waals surface area contributed by atoms with Crippen molar-refractivity contribution < 1.29 is 4.79 Å². The quantitative estimate of drug-likeness (QED) is 0.655. The fourth-order valence-electron chi connectivity index (χ4n) is 3.81. The van der Waals surface area contributed by atoms with E-state index >= 15 is 0 Å². The van der Waals surface area contributed by atoms with Gasteiger partial charge < -0.3 is 10.6 Å². The maximum absolute atomic E-state index is 12.6. The van der Waals surface area contributed by atoms with Crippen LogP contribution < -0.4 is 10.6 Å². The Morgan fingerprint density at radius 2 is 1.77 bits per heavy atom. The normalized spacial score (nSPS) is 12.4. The van der Waals surface area contributed by atoms with Crippen LogP contribution in [0, 0.1) is 27.7 Å². The van der Waals surface area contributed by atoms with Crippen LogP contribution >= 0.6 is 12.4 Å². The third kappa shape index (κ3) is 4.52. The van der Waals surface area contributed by atoms with Gasteiger partial charge in [-0.1, -0.05) is 18.2 Å². The zero-order chi connectivity index (χ0) is 20.5. The van der Waals surface area contributed by atoms with E-state index in [1.54, 1.807) is 4.68 Å². The van der Waals surface area contributed by atoms with Gasteiger partial charge in [-0.25, -0.2) is 14.6 Å². The van der Waals surface area contributed by atoms with Gasteiger partial charge in [0.2, 0.25) is 5.91 Å². The molecular weight excluding hydrogens is 400 g/mol. The van der Waals surface area contributed by atoms with E-state index < -0.39 is 0 Å². The van der Waals surface area contributed by atoms with Crippen molar-refractivity contribution in [2.24, 2.45) is 0 Å². The lowest BCUT2D eigenvalue weighted by molar-refractivity contribution is -0.120. The smallest absolute Gasteiger partial charge is 0.251 e. The molecule has 8 heteroatoms. The topological polar surface area (TPSA) is 84.7 Å². The van der Waals surface area contributed by atoms with Crippen LogP contribution in [0.25, 0.3) is 5.95 Å². The number of nitrogens with one attached hydrogen (secondary N) is 2. The van der Waals surface area contributed by atoms with Crippen molar-refractivity contribution in [3.8, 4) is 5.95 Å². The summed E-state index contributed by atoms with van der Waals surface area (Å²) in [6, 6.07) is 8.32. The fraction of sp³-hybridized carbons (Fsp3) is 0.364. The molecule has 7 nitrogen and oxygen atoms in total. The number of aromatic nitrogens is 4. The van der Waals surface area contributed by atoms with Crippen molar-refractivity contribution >= 4 is 18.3 Å². The molecule has 1 aromatic carbocycles. The summed E-state index contributed by atoms with van der Waals surface area (Å²) in [6.07, 6.45) is 0.287. The average Bonchev–Trinajstić information content (AvgIpc) is 3.25. The van der Waals surface area contributed by atoms with E-state index in [9.17, 15) is 4.79 Å². The van der Waals surface area contributed by atoms with Gasteiger partial charge in [0.15, 0.2) is 0 Å². The Balaban J connectivity index is 0.00000256. The molecule has 3 aromatic rings. The van der Waals surface area contributed by atoms with Gasteiger partial charge in [-0.05, 0) is 50.5 Å². The molecular formula is C22H27ClN6O. The lowest BCUT2D eigenvalue weighted by Crippen LogP contribution is -2.25. The highest BCUT2D eigenvalue weighted by Crippen LogP contribution is 2.18. The van der Waals surface area contributed by atoms with E-state index in [4.69, 9.17) is 0 Å². The third-order valence-electron chi connectivity index (χ3n) is 5.33. The first-order valence-corrected chi connectivity index (χ1v) is 9.86. The third-order valence-corrected chi connectivity index (χ3v) is 5.33. The average molecular weight is 427 g/mol. The lowest BCUT2D eigenvalue weighted by atomic mass is 10.1. The Labute approximate surface area is 182 Å². The van der Waals surface area contributed by atoms with Crippen molar-refractivity contribution in [2.45, 2.75) is 53.8 Å². The molecule has 1 amide bonds. The van der Waals surface area contributed by atoms with Crippen LogP contribution in [-0.4, -0.2) is 25.7 Å². The van der Waals surface area contributed by atoms with Crippen LogP contribution in [0.1, 0.15) is 45.0 Å². The fourth-order valence-corrected chi connectivity index (χ4v) is 3.81. The summed E-state index contributed by atoms with van der Waals surface area (Å²) in [4.78, 5) is 21.6. The van der Waals surface area contributed by atoms with Gasteiger partial charge in [-0.15, -0.1) is 12.4 Å². The molecule has 158 valence electrons. The number of aryl methyl sites for hydroxylation is 3.